The Morgan fingerprint density at radius 3 is 2.50 bits per heavy atom. The highest BCUT2D eigenvalue weighted by atomic mass is 15.1. The summed E-state index contributed by atoms with van der Waals surface area (Å²) in [6.07, 6.45) is 4.07. The summed E-state index contributed by atoms with van der Waals surface area (Å²) >= 11 is 0. The lowest BCUT2D eigenvalue weighted by Gasteiger charge is -2.30. The van der Waals surface area contributed by atoms with Gasteiger partial charge in [0.25, 0.3) is 0 Å². The van der Waals surface area contributed by atoms with Crippen molar-refractivity contribution in [3.63, 3.8) is 0 Å². The van der Waals surface area contributed by atoms with Crippen LogP contribution in [0.1, 0.15) is 48.4 Å². The third-order valence-electron chi connectivity index (χ3n) is 4.68. The highest BCUT2D eigenvalue weighted by Gasteiger charge is 2.16. The fraction of sp³-hybridized carbons (Fsp3) is 0.667. The van der Waals surface area contributed by atoms with Crippen molar-refractivity contribution in [2.24, 2.45) is 0 Å². The van der Waals surface area contributed by atoms with Crippen LogP contribution in [0.2, 0.25) is 0 Å². The average Bonchev–Trinajstić information content (AvgIpc) is 2.45. The lowest BCUT2D eigenvalue weighted by atomic mass is 10.00. The maximum Gasteiger partial charge on any atom is 0.0237 e. The third-order valence-corrected chi connectivity index (χ3v) is 4.68. The van der Waals surface area contributed by atoms with Gasteiger partial charge in [-0.2, -0.15) is 0 Å². The van der Waals surface area contributed by atoms with E-state index < -0.39 is 0 Å². The standard InChI is InChI=1S/C18H30N2/c1-5-20(13-18-8-6-7-9-19-18)12-17-11-15(3)14(2)10-16(17)4/h10-11,18-19H,5-9,12-13H2,1-4H3. The maximum atomic E-state index is 3.66. The first-order valence-electron chi connectivity index (χ1n) is 8.12. The van der Waals surface area contributed by atoms with Gasteiger partial charge in [-0.3, -0.25) is 4.90 Å². The average molecular weight is 274 g/mol. The summed E-state index contributed by atoms with van der Waals surface area (Å²) in [6.45, 7) is 13.5. The number of aryl methyl sites for hydroxylation is 3. The minimum absolute atomic E-state index is 0.690. The lowest BCUT2D eigenvalue weighted by Crippen LogP contribution is -2.43. The second kappa shape index (κ2) is 7.24. The van der Waals surface area contributed by atoms with Gasteiger partial charge in [-0.25, -0.2) is 0 Å². The van der Waals surface area contributed by atoms with Crippen LogP contribution in [0, 0.1) is 20.8 Å². The van der Waals surface area contributed by atoms with Crippen LogP contribution in [-0.4, -0.2) is 30.6 Å². The molecule has 1 N–H and O–H groups in total. The molecule has 2 heteroatoms. The van der Waals surface area contributed by atoms with Gasteiger partial charge in [-0.15, -0.1) is 0 Å². The normalized spacial score (nSPS) is 19.6. The van der Waals surface area contributed by atoms with E-state index in [4.69, 9.17) is 0 Å². The predicted molar refractivity (Wildman–Crippen MR) is 87.2 cm³/mol. The van der Waals surface area contributed by atoms with Crippen LogP contribution in [0.25, 0.3) is 0 Å². The van der Waals surface area contributed by atoms with Crippen molar-refractivity contribution in [1.82, 2.24) is 10.2 Å². The van der Waals surface area contributed by atoms with Crippen LogP contribution in [0.4, 0.5) is 0 Å². The van der Waals surface area contributed by atoms with Gasteiger partial charge in [0.1, 0.15) is 0 Å². The molecule has 0 aliphatic carbocycles. The summed E-state index contributed by atoms with van der Waals surface area (Å²) in [5.74, 6) is 0. The lowest BCUT2D eigenvalue weighted by molar-refractivity contribution is 0.226. The van der Waals surface area contributed by atoms with Gasteiger partial charge in [0.2, 0.25) is 0 Å². The van der Waals surface area contributed by atoms with E-state index in [0.29, 0.717) is 6.04 Å². The number of likely N-dealkylation sites (N-methyl/N-ethyl adjacent to an activating group) is 1. The fourth-order valence-corrected chi connectivity index (χ4v) is 3.13. The van der Waals surface area contributed by atoms with E-state index in [0.717, 1.165) is 13.1 Å². The van der Waals surface area contributed by atoms with E-state index in [1.807, 2.05) is 0 Å². The highest BCUT2D eigenvalue weighted by Crippen LogP contribution is 2.18. The maximum absolute atomic E-state index is 3.66. The van der Waals surface area contributed by atoms with E-state index in [-0.39, 0.29) is 0 Å². The molecule has 1 unspecified atom stereocenters. The molecule has 20 heavy (non-hydrogen) atoms. The topological polar surface area (TPSA) is 15.3 Å². The molecule has 1 fully saturated rings. The van der Waals surface area contributed by atoms with Gasteiger partial charge < -0.3 is 5.32 Å². The van der Waals surface area contributed by atoms with Gasteiger partial charge in [-0.05, 0) is 69.0 Å². The summed E-state index contributed by atoms with van der Waals surface area (Å²) in [4.78, 5) is 2.58. The second-order valence-corrected chi connectivity index (χ2v) is 6.34. The number of hydrogen-bond acceptors (Lipinski definition) is 2. The third kappa shape index (κ3) is 4.07. The molecule has 1 saturated heterocycles. The van der Waals surface area contributed by atoms with Crippen molar-refractivity contribution in [1.29, 1.82) is 0 Å². The Kier molecular flexibility index (Phi) is 5.62. The molecule has 0 bridgehead atoms. The van der Waals surface area contributed by atoms with Crippen molar-refractivity contribution in [3.05, 3.63) is 34.4 Å². The van der Waals surface area contributed by atoms with Gasteiger partial charge in [0, 0.05) is 19.1 Å². The molecule has 0 aromatic heterocycles. The van der Waals surface area contributed by atoms with Crippen molar-refractivity contribution < 1.29 is 0 Å². The SMILES string of the molecule is CCN(Cc1cc(C)c(C)cc1C)CC1CCCCN1. The van der Waals surface area contributed by atoms with Crippen LogP contribution in [0.3, 0.4) is 0 Å². The molecule has 0 amide bonds. The fourth-order valence-electron chi connectivity index (χ4n) is 3.13. The molecule has 2 nitrogen and oxygen atoms in total. The van der Waals surface area contributed by atoms with Crippen LogP contribution in [0.15, 0.2) is 12.1 Å². The van der Waals surface area contributed by atoms with Crippen LogP contribution >= 0.6 is 0 Å². The van der Waals surface area contributed by atoms with E-state index >= 15 is 0 Å². The van der Waals surface area contributed by atoms with Gasteiger partial charge in [0.15, 0.2) is 0 Å². The number of nitrogens with zero attached hydrogens (tertiary/aromatic N) is 1. The molecular formula is C18H30N2. The van der Waals surface area contributed by atoms with E-state index in [1.165, 1.54) is 54.6 Å². The monoisotopic (exact) mass is 274 g/mol. The summed E-state index contributed by atoms with van der Waals surface area (Å²) in [5.41, 5.74) is 5.75. The first-order valence-corrected chi connectivity index (χ1v) is 8.12. The molecule has 1 aromatic carbocycles. The van der Waals surface area contributed by atoms with Gasteiger partial charge in [-0.1, -0.05) is 25.5 Å². The summed E-state index contributed by atoms with van der Waals surface area (Å²) < 4.78 is 0. The Morgan fingerprint density at radius 1 is 1.10 bits per heavy atom. The number of nitrogens with one attached hydrogen (secondary N) is 1. The predicted octanol–water partition coefficient (Wildman–Crippen LogP) is 3.58. The van der Waals surface area contributed by atoms with Gasteiger partial charge in [0.05, 0.1) is 0 Å². The Bertz CT molecular complexity index is 433. The molecule has 2 rings (SSSR count). The van der Waals surface area contributed by atoms with Crippen molar-refractivity contribution >= 4 is 0 Å². The number of benzene rings is 1. The second-order valence-electron chi connectivity index (χ2n) is 6.34. The summed E-state index contributed by atoms with van der Waals surface area (Å²) in [7, 11) is 0. The Balaban J connectivity index is 2.00. The minimum atomic E-state index is 0.690. The first-order chi connectivity index (χ1) is 9.60. The van der Waals surface area contributed by atoms with E-state index in [9.17, 15) is 0 Å². The molecule has 1 aromatic rings. The zero-order valence-electron chi connectivity index (χ0n) is 13.6. The molecule has 1 atom stereocenters. The molecule has 112 valence electrons. The van der Waals surface area contributed by atoms with Crippen molar-refractivity contribution in [3.8, 4) is 0 Å². The van der Waals surface area contributed by atoms with Gasteiger partial charge >= 0.3 is 0 Å². The first kappa shape index (κ1) is 15.5. The zero-order chi connectivity index (χ0) is 14.5. The largest absolute Gasteiger partial charge is 0.313 e. The summed E-state index contributed by atoms with van der Waals surface area (Å²) in [6, 6.07) is 5.40. The van der Waals surface area contributed by atoms with Crippen molar-refractivity contribution in [2.45, 2.75) is 59.5 Å². The summed E-state index contributed by atoms with van der Waals surface area (Å²) in [5, 5.41) is 3.66. The zero-order valence-corrected chi connectivity index (χ0v) is 13.6. The molecule has 0 radical (unpaired) electrons. The molecule has 0 saturated carbocycles. The Morgan fingerprint density at radius 2 is 1.85 bits per heavy atom. The molecule has 1 aliphatic heterocycles. The minimum Gasteiger partial charge on any atom is -0.313 e. The number of rotatable bonds is 5. The highest BCUT2D eigenvalue weighted by molar-refractivity contribution is 5.36. The van der Waals surface area contributed by atoms with Crippen LogP contribution in [-0.2, 0) is 6.54 Å². The Hall–Kier alpha value is -0.860. The molecule has 0 spiro atoms. The molecular weight excluding hydrogens is 244 g/mol. The smallest absolute Gasteiger partial charge is 0.0237 e. The van der Waals surface area contributed by atoms with E-state index in [2.05, 4.69) is 50.0 Å². The van der Waals surface area contributed by atoms with Crippen LogP contribution < -0.4 is 5.32 Å². The molecule has 1 heterocycles. The van der Waals surface area contributed by atoms with E-state index in [1.54, 1.807) is 0 Å². The Labute approximate surface area is 124 Å². The number of piperidine rings is 1. The van der Waals surface area contributed by atoms with Crippen molar-refractivity contribution in [2.75, 3.05) is 19.6 Å². The number of hydrogen-bond donors (Lipinski definition) is 1. The molecule has 1 aliphatic rings. The van der Waals surface area contributed by atoms with Crippen LogP contribution in [0.5, 0.6) is 0 Å². The quantitative estimate of drug-likeness (QED) is 0.883.